The van der Waals surface area contributed by atoms with Crippen molar-refractivity contribution in [2.24, 2.45) is 0 Å². The number of fused-ring (bicyclic) bond motifs is 2. The molecule has 2 aliphatic rings. The van der Waals surface area contributed by atoms with Crippen molar-refractivity contribution in [2.75, 3.05) is 37.3 Å². The maximum absolute atomic E-state index is 12.8. The first-order valence-corrected chi connectivity index (χ1v) is 11.2. The number of aryl methyl sites for hydroxylation is 1. The minimum atomic E-state index is 0.00390. The summed E-state index contributed by atoms with van der Waals surface area (Å²) >= 11 is 3.48. The van der Waals surface area contributed by atoms with Crippen molar-refractivity contribution in [3.8, 4) is 0 Å². The van der Waals surface area contributed by atoms with E-state index in [4.69, 9.17) is 4.98 Å². The molecule has 4 heterocycles. The van der Waals surface area contributed by atoms with Gasteiger partial charge in [-0.3, -0.25) is 4.79 Å². The third kappa shape index (κ3) is 2.98. The number of carbonyl (C=O) groups is 1. The van der Waals surface area contributed by atoms with Crippen LogP contribution in [0.2, 0.25) is 0 Å². The summed E-state index contributed by atoms with van der Waals surface area (Å²) in [5.74, 6) is 1.45. The average molecular weight is 401 g/mol. The molecule has 1 fully saturated rings. The number of hydrogen-bond donors (Lipinski definition) is 0. The summed E-state index contributed by atoms with van der Waals surface area (Å²) in [5.41, 5.74) is 1.05. The highest BCUT2D eigenvalue weighted by Gasteiger charge is 2.29. The van der Waals surface area contributed by atoms with Gasteiger partial charge in [-0.05, 0) is 30.9 Å². The maximum Gasteiger partial charge on any atom is 0.291 e. The Hall–Kier alpha value is -2.13. The van der Waals surface area contributed by atoms with E-state index in [1.165, 1.54) is 9.60 Å². The van der Waals surface area contributed by atoms with Crippen molar-refractivity contribution in [3.05, 3.63) is 29.8 Å². The van der Waals surface area contributed by atoms with Crippen LogP contribution >= 0.6 is 23.1 Å². The van der Waals surface area contributed by atoms with Crippen LogP contribution < -0.4 is 4.90 Å². The Morgan fingerprint density at radius 3 is 2.81 bits per heavy atom. The highest BCUT2D eigenvalue weighted by atomic mass is 32.2. The lowest BCUT2D eigenvalue weighted by molar-refractivity contribution is 0.0729. The van der Waals surface area contributed by atoms with Gasteiger partial charge in [0.25, 0.3) is 5.91 Å². The number of aromatic nitrogens is 4. The molecule has 2 aromatic heterocycles. The Balaban J connectivity index is 1.29. The molecular weight excluding hydrogens is 380 g/mol. The van der Waals surface area contributed by atoms with Crippen molar-refractivity contribution in [1.82, 2.24) is 24.6 Å². The number of piperazine rings is 1. The SMILES string of the molecule is CSc1ccc2nc(N3CCN(C(=O)c4nnc5n4CCC5)CC3)sc2c1. The molecule has 0 N–H and O–H groups in total. The molecule has 0 bridgehead atoms. The number of anilines is 1. The minimum absolute atomic E-state index is 0.00390. The summed E-state index contributed by atoms with van der Waals surface area (Å²) < 4.78 is 3.19. The van der Waals surface area contributed by atoms with E-state index in [2.05, 4.69) is 39.6 Å². The van der Waals surface area contributed by atoms with Crippen molar-refractivity contribution < 1.29 is 4.79 Å². The quantitative estimate of drug-likeness (QED) is 0.630. The molecule has 5 rings (SSSR count). The maximum atomic E-state index is 12.8. The lowest BCUT2D eigenvalue weighted by Crippen LogP contribution is -2.49. The van der Waals surface area contributed by atoms with Crippen LogP contribution in [0.25, 0.3) is 10.2 Å². The number of amides is 1. The fraction of sp³-hybridized carbons (Fsp3) is 0.444. The fourth-order valence-electron chi connectivity index (χ4n) is 3.71. The number of carbonyl (C=O) groups excluding carboxylic acids is 1. The summed E-state index contributed by atoms with van der Waals surface area (Å²) in [6.07, 6.45) is 4.06. The van der Waals surface area contributed by atoms with E-state index in [1.54, 1.807) is 23.1 Å². The Bertz CT molecular complexity index is 1000. The monoisotopic (exact) mass is 400 g/mol. The third-order valence-electron chi connectivity index (χ3n) is 5.22. The van der Waals surface area contributed by atoms with Gasteiger partial charge in [-0.2, -0.15) is 0 Å². The average Bonchev–Trinajstić information content (AvgIpc) is 3.42. The van der Waals surface area contributed by atoms with Gasteiger partial charge in [0.15, 0.2) is 5.13 Å². The van der Waals surface area contributed by atoms with Crippen molar-refractivity contribution >= 4 is 44.4 Å². The van der Waals surface area contributed by atoms with Gasteiger partial charge in [0.05, 0.1) is 10.2 Å². The molecule has 0 aliphatic carbocycles. The van der Waals surface area contributed by atoms with Crippen LogP contribution in [0.3, 0.4) is 0 Å². The number of nitrogens with zero attached hydrogens (tertiary/aromatic N) is 6. The Morgan fingerprint density at radius 2 is 2.00 bits per heavy atom. The Kier molecular flexibility index (Phi) is 4.28. The summed E-state index contributed by atoms with van der Waals surface area (Å²) in [6.45, 7) is 3.82. The first-order valence-electron chi connectivity index (χ1n) is 9.14. The van der Waals surface area contributed by atoms with Gasteiger partial charge >= 0.3 is 0 Å². The molecule has 2 aliphatic heterocycles. The van der Waals surface area contributed by atoms with E-state index in [1.807, 2.05) is 9.47 Å². The van der Waals surface area contributed by atoms with E-state index < -0.39 is 0 Å². The number of benzene rings is 1. The molecule has 3 aromatic rings. The van der Waals surface area contributed by atoms with Crippen LogP contribution in [0, 0.1) is 0 Å². The number of rotatable bonds is 3. The molecule has 1 amide bonds. The molecule has 1 saturated heterocycles. The molecule has 0 spiro atoms. The molecule has 0 radical (unpaired) electrons. The predicted octanol–water partition coefficient (Wildman–Crippen LogP) is 2.52. The molecule has 0 atom stereocenters. The van der Waals surface area contributed by atoms with Gasteiger partial charge in [-0.25, -0.2) is 4.98 Å². The molecule has 27 heavy (non-hydrogen) atoms. The van der Waals surface area contributed by atoms with Gasteiger partial charge < -0.3 is 14.4 Å². The minimum Gasteiger partial charge on any atom is -0.345 e. The zero-order valence-electron chi connectivity index (χ0n) is 15.1. The van der Waals surface area contributed by atoms with E-state index >= 15 is 0 Å². The zero-order valence-corrected chi connectivity index (χ0v) is 16.7. The van der Waals surface area contributed by atoms with Gasteiger partial charge in [0.2, 0.25) is 5.82 Å². The number of thioether (sulfide) groups is 1. The standard InChI is InChI=1S/C18H20N6OS2/c1-26-12-4-5-13-14(11-12)27-18(19-13)23-9-7-22(8-10-23)17(25)16-21-20-15-3-2-6-24(15)16/h4-5,11H,2-3,6-10H2,1H3. The Labute approximate surface area is 165 Å². The van der Waals surface area contributed by atoms with E-state index in [0.29, 0.717) is 18.9 Å². The molecule has 140 valence electrons. The molecule has 0 unspecified atom stereocenters. The first kappa shape index (κ1) is 17.0. The number of hydrogen-bond acceptors (Lipinski definition) is 7. The van der Waals surface area contributed by atoms with Crippen LogP contribution in [0.5, 0.6) is 0 Å². The van der Waals surface area contributed by atoms with E-state index in [9.17, 15) is 4.79 Å². The van der Waals surface area contributed by atoms with Crippen molar-refractivity contribution in [1.29, 1.82) is 0 Å². The van der Waals surface area contributed by atoms with Crippen molar-refractivity contribution in [2.45, 2.75) is 24.3 Å². The van der Waals surface area contributed by atoms with Crippen LogP contribution in [-0.2, 0) is 13.0 Å². The second kappa shape index (κ2) is 6.79. The third-order valence-corrected chi connectivity index (χ3v) is 7.03. The normalized spacial score (nSPS) is 16.9. The molecule has 7 nitrogen and oxygen atoms in total. The lowest BCUT2D eigenvalue weighted by Gasteiger charge is -2.34. The molecule has 9 heteroatoms. The second-order valence-electron chi connectivity index (χ2n) is 6.80. The lowest BCUT2D eigenvalue weighted by atomic mass is 10.3. The van der Waals surface area contributed by atoms with Crippen LogP contribution in [0.1, 0.15) is 22.9 Å². The van der Waals surface area contributed by atoms with E-state index in [0.717, 1.165) is 48.9 Å². The summed E-state index contributed by atoms with van der Waals surface area (Å²) in [4.78, 5) is 23.1. The van der Waals surface area contributed by atoms with Gasteiger partial charge in [-0.15, -0.1) is 22.0 Å². The van der Waals surface area contributed by atoms with Gasteiger partial charge in [0.1, 0.15) is 5.82 Å². The van der Waals surface area contributed by atoms with Crippen molar-refractivity contribution in [3.63, 3.8) is 0 Å². The largest absolute Gasteiger partial charge is 0.345 e. The fourth-order valence-corrected chi connectivity index (χ4v) is 5.28. The predicted molar refractivity (Wildman–Crippen MR) is 108 cm³/mol. The highest BCUT2D eigenvalue weighted by Crippen LogP contribution is 2.32. The summed E-state index contributed by atoms with van der Waals surface area (Å²) in [6, 6.07) is 6.41. The topological polar surface area (TPSA) is 67.2 Å². The summed E-state index contributed by atoms with van der Waals surface area (Å²) in [7, 11) is 0. The second-order valence-corrected chi connectivity index (χ2v) is 8.69. The molecule has 1 aromatic carbocycles. The van der Waals surface area contributed by atoms with Crippen LogP contribution in [0.15, 0.2) is 23.1 Å². The van der Waals surface area contributed by atoms with E-state index in [-0.39, 0.29) is 5.91 Å². The smallest absolute Gasteiger partial charge is 0.291 e. The number of thiazole rings is 1. The highest BCUT2D eigenvalue weighted by molar-refractivity contribution is 7.98. The van der Waals surface area contributed by atoms with Crippen LogP contribution in [0.4, 0.5) is 5.13 Å². The molecule has 0 saturated carbocycles. The van der Waals surface area contributed by atoms with Gasteiger partial charge in [0, 0.05) is 44.0 Å². The summed E-state index contributed by atoms with van der Waals surface area (Å²) in [5, 5.41) is 9.33. The zero-order chi connectivity index (χ0) is 18.4. The van der Waals surface area contributed by atoms with Crippen LogP contribution in [-0.4, -0.2) is 63.0 Å². The Morgan fingerprint density at radius 1 is 1.15 bits per heavy atom. The first-order chi connectivity index (χ1) is 13.2. The van der Waals surface area contributed by atoms with Gasteiger partial charge in [-0.1, -0.05) is 11.3 Å². The molecular formula is C18H20N6OS2.